The van der Waals surface area contributed by atoms with Crippen LogP contribution < -0.4 is 25.4 Å². The van der Waals surface area contributed by atoms with E-state index in [0.717, 1.165) is 11.4 Å². The minimum Gasteiger partial charge on any atom is -0.497 e. The molecular weight excluding hydrogens is 478 g/mol. The second kappa shape index (κ2) is 12.3. The molecule has 3 N–H and O–H groups in total. The lowest BCUT2D eigenvalue weighted by atomic mass is 10.2. The molecule has 1 amide bonds. The lowest BCUT2D eigenvalue weighted by molar-refractivity contribution is -0.122. The van der Waals surface area contributed by atoms with Gasteiger partial charge in [0.05, 0.1) is 12.7 Å². The average Bonchev–Trinajstić information content (AvgIpc) is 3.36. The van der Waals surface area contributed by atoms with E-state index in [0.29, 0.717) is 41.1 Å². The Bertz CT molecular complexity index is 1310. The molecule has 0 radical (unpaired) electrons. The Morgan fingerprint density at radius 1 is 0.944 bits per heavy atom. The van der Waals surface area contributed by atoms with Gasteiger partial charge in [0.15, 0.2) is 5.11 Å². The van der Waals surface area contributed by atoms with Crippen LogP contribution in [0.4, 0.5) is 5.69 Å². The summed E-state index contributed by atoms with van der Waals surface area (Å²) >= 11 is 5.28. The van der Waals surface area contributed by atoms with Gasteiger partial charge in [0.2, 0.25) is 11.7 Å². The Morgan fingerprint density at radius 3 is 2.53 bits per heavy atom. The molecule has 3 aromatic carbocycles. The van der Waals surface area contributed by atoms with Crippen LogP contribution in [0, 0.1) is 0 Å². The highest BCUT2D eigenvalue weighted by atomic mass is 32.1. The Kier molecular flexibility index (Phi) is 8.39. The predicted octanol–water partition coefficient (Wildman–Crippen LogP) is 3.24. The van der Waals surface area contributed by atoms with E-state index in [1.807, 2.05) is 78.9 Å². The molecular formula is C25H25N7O3S. The topological polar surface area (TPSA) is 115 Å². The summed E-state index contributed by atoms with van der Waals surface area (Å²) in [6.45, 7) is 0.747. The molecule has 0 aliphatic heterocycles. The van der Waals surface area contributed by atoms with Crippen molar-refractivity contribution in [3.63, 3.8) is 0 Å². The number of thiocarbonyl (C=S) groups is 1. The third-order valence-electron chi connectivity index (χ3n) is 4.90. The molecule has 0 unspecified atom stereocenters. The smallest absolute Gasteiger partial charge is 0.243 e. The number of hydrogen-bond donors (Lipinski definition) is 3. The number of aromatic nitrogens is 4. The van der Waals surface area contributed by atoms with E-state index in [-0.39, 0.29) is 12.5 Å². The number of carbonyl (C=O) groups excluding carboxylic acids is 1. The maximum Gasteiger partial charge on any atom is 0.243 e. The van der Waals surface area contributed by atoms with Crippen LogP contribution in [0.15, 0.2) is 78.9 Å². The van der Waals surface area contributed by atoms with Gasteiger partial charge < -0.3 is 25.4 Å². The molecule has 36 heavy (non-hydrogen) atoms. The summed E-state index contributed by atoms with van der Waals surface area (Å²) in [6, 6.07) is 24.3. The van der Waals surface area contributed by atoms with E-state index in [1.165, 1.54) is 4.80 Å². The first-order chi connectivity index (χ1) is 17.6. The van der Waals surface area contributed by atoms with Gasteiger partial charge >= 0.3 is 0 Å². The van der Waals surface area contributed by atoms with Crippen LogP contribution in [-0.4, -0.2) is 51.4 Å². The Morgan fingerprint density at radius 2 is 1.69 bits per heavy atom. The first-order valence-electron chi connectivity index (χ1n) is 11.2. The summed E-state index contributed by atoms with van der Waals surface area (Å²) in [5, 5.41) is 21.8. The molecule has 0 atom stereocenters. The summed E-state index contributed by atoms with van der Waals surface area (Å²) in [5.74, 6) is 2.14. The summed E-state index contributed by atoms with van der Waals surface area (Å²) < 4.78 is 11.2. The van der Waals surface area contributed by atoms with Crippen LogP contribution in [0.1, 0.15) is 0 Å². The zero-order chi connectivity index (χ0) is 25.2. The zero-order valence-electron chi connectivity index (χ0n) is 19.5. The fourth-order valence-electron chi connectivity index (χ4n) is 3.21. The molecule has 184 valence electrons. The van der Waals surface area contributed by atoms with Gasteiger partial charge in [-0.2, -0.15) is 4.80 Å². The average molecular weight is 504 g/mol. The second-order valence-corrected chi connectivity index (χ2v) is 7.93. The fourth-order valence-corrected chi connectivity index (χ4v) is 3.43. The molecule has 0 spiro atoms. The molecule has 1 aromatic heterocycles. The first-order valence-corrected chi connectivity index (χ1v) is 11.6. The molecule has 0 bridgehead atoms. The largest absolute Gasteiger partial charge is 0.497 e. The number of nitrogens with zero attached hydrogens (tertiary/aromatic N) is 4. The van der Waals surface area contributed by atoms with E-state index in [4.69, 9.17) is 21.7 Å². The predicted molar refractivity (Wildman–Crippen MR) is 140 cm³/mol. The van der Waals surface area contributed by atoms with Crippen LogP contribution >= 0.6 is 12.2 Å². The molecule has 0 aliphatic carbocycles. The Hall–Kier alpha value is -4.51. The number of hydrogen-bond acceptors (Lipinski definition) is 7. The van der Waals surface area contributed by atoms with Crippen molar-refractivity contribution in [2.24, 2.45) is 0 Å². The summed E-state index contributed by atoms with van der Waals surface area (Å²) in [7, 11) is 1.60. The third-order valence-corrected chi connectivity index (χ3v) is 5.14. The molecule has 1 heterocycles. The lowest BCUT2D eigenvalue weighted by Gasteiger charge is -2.11. The number of amides is 1. The summed E-state index contributed by atoms with van der Waals surface area (Å²) in [6.07, 6.45) is 0. The molecule has 0 saturated heterocycles. The SMILES string of the molecule is COc1cccc(NC(=S)NCCNC(=O)Cn2nnc(-c3ccccc3Oc3ccccc3)n2)c1. The van der Waals surface area contributed by atoms with Gasteiger partial charge in [0.1, 0.15) is 23.8 Å². The standard InChI is InChI=1S/C25H25N7O3S/c1-34-20-11-7-8-18(16-20)28-25(36)27-15-14-26-23(33)17-32-30-24(29-31-32)21-12-5-6-13-22(21)35-19-9-3-2-4-10-19/h2-13,16H,14-15,17H2,1H3,(H,26,33)(H2,27,28,36). The Labute approximate surface area is 213 Å². The molecule has 0 fully saturated rings. The van der Waals surface area contributed by atoms with Crippen molar-refractivity contribution in [2.45, 2.75) is 6.54 Å². The number of benzene rings is 3. The first kappa shape index (κ1) is 24.6. The normalized spacial score (nSPS) is 10.4. The number of nitrogens with one attached hydrogen (secondary N) is 3. The van der Waals surface area contributed by atoms with Gasteiger partial charge in [-0.1, -0.05) is 36.4 Å². The zero-order valence-corrected chi connectivity index (χ0v) is 20.4. The van der Waals surface area contributed by atoms with Gasteiger partial charge in [-0.15, -0.1) is 10.2 Å². The lowest BCUT2D eigenvalue weighted by Crippen LogP contribution is -2.38. The molecule has 10 nitrogen and oxygen atoms in total. The van der Waals surface area contributed by atoms with E-state index in [1.54, 1.807) is 7.11 Å². The molecule has 0 saturated carbocycles. The van der Waals surface area contributed by atoms with Crippen molar-refractivity contribution in [3.8, 4) is 28.6 Å². The molecule has 4 aromatic rings. The highest BCUT2D eigenvalue weighted by molar-refractivity contribution is 7.80. The number of methoxy groups -OCH3 is 1. The van der Waals surface area contributed by atoms with E-state index in [2.05, 4.69) is 31.4 Å². The number of carbonyl (C=O) groups is 1. The summed E-state index contributed by atoms with van der Waals surface area (Å²) in [5.41, 5.74) is 1.48. The van der Waals surface area contributed by atoms with Gasteiger partial charge in [0, 0.05) is 24.8 Å². The number of para-hydroxylation sites is 2. The third kappa shape index (κ3) is 7.00. The summed E-state index contributed by atoms with van der Waals surface area (Å²) in [4.78, 5) is 13.6. The van der Waals surface area contributed by atoms with Crippen molar-refractivity contribution >= 4 is 28.9 Å². The van der Waals surface area contributed by atoms with Gasteiger partial charge in [-0.05, 0) is 53.8 Å². The molecule has 0 aliphatic rings. The van der Waals surface area contributed by atoms with Crippen molar-refractivity contribution in [2.75, 3.05) is 25.5 Å². The van der Waals surface area contributed by atoms with Crippen molar-refractivity contribution in [1.82, 2.24) is 30.8 Å². The number of anilines is 1. The van der Waals surface area contributed by atoms with Crippen molar-refractivity contribution in [1.29, 1.82) is 0 Å². The minimum atomic E-state index is -0.249. The number of ether oxygens (including phenoxy) is 2. The van der Waals surface area contributed by atoms with E-state index in [9.17, 15) is 4.79 Å². The van der Waals surface area contributed by atoms with Crippen molar-refractivity contribution < 1.29 is 14.3 Å². The maximum absolute atomic E-state index is 12.3. The molecule has 11 heteroatoms. The maximum atomic E-state index is 12.3. The number of tetrazole rings is 1. The van der Waals surface area contributed by atoms with Gasteiger partial charge in [-0.25, -0.2) is 0 Å². The second-order valence-electron chi connectivity index (χ2n) is 7.52. The highest BCUT2D eigenvalue weighted by Crippen LogP contribution is 2.30. The van der Waals surface area contributed by atoms with Crippen LogP contribution in [0.2, 0.25) is 0 Å². The number of rotatable bonds is 10. The van der Waals surface area contributed by atoms with Crippen LogP contribution in [0.25, 0.3) is 11.4 Å². The van der Waals surface area contributed by atoms with Gasteiger partial charge in [0.25, 0.3) is 0 Å². The monoisotopic (exact) mass is 503 g/mol. The quantitative estimate of drug-likeness (QED) is 0.222. The van der Waals surface area contributed by atoms with E-state index < -0.39 is 0 Å². The minimum absolute atomic E-state index is 0.0682. The van der Waals surface area contributed by atoms with Crippen molar-refractivity contribution in [3.05, 3.63) is 78.9 Å². The van der Waals surface area contributed by atoms with E-state index >= 15 is 0 Å². The highest BCUT2D eigenvalue weighted by Gasteiger charge is 2.14. The van der Waals surface area contributed by atoms with Gasteiger partial charge in [-0.3, -0.25) is 4.79 Å². The van der Waals surface area contributed by atoms with Crippen LogP contribution in [-0.2, 0) is 11.3 Å². The van der Waals surface area contributed by atoms with Crippen LogP contribution in [0.3, 0.4) is 0 Å². The van der Waals surface area contributed by atoms with Crippen LogP contribution in [0.5, 0.6) is 17.2 Å². The molecule has 4 rings (SSSR count). The fraction of sp³-hybridized carbons (Fsp3) is 0.160. The Balaban J connectivity index is 1.24.